The highest BCUT2D eigenvalue weighted by atomic mass is 32.2. The first kappa shape index (κ1) is 27.2. The summed E-state index contributed by atoms with van der Waals surface area (Å²) in [6.07, 6.45) is 15.2. The highest BCUT2D eigenvalue weighted by Gasteiger charge is 2.12. The van der Waals surface area contributed by atoms with Gasteiger partial charge in [-0.3, -0.25) is 4.21 Å². The zero-order chi connectivity index (χ0) is 25.1. The van der Waals surface area contributed by atoms with Crippen LogP contribution in [0.15, 0.2) is 73.9 Å². The van der Waals surface area contributed by atoms with E-state index in [1.165, 1.54) is 5.56 Å². The van der Waals surface area contributed by atoms with Gasteiger partial charge in [-0.1, -0.05) is 31.4 Å². The van der Waals surface area contributed by atoms with Crippen LogP contribution in [0, 0.1) is 0 Å². The molecule has 0 bridgehead atoms. The highest BCUT2D eigenvalue weighted by molar-refractivity contribution is 7.83. The molecule has 0 aliphatic carbocycles. The summed E-state index contributed by atoms with van der Waals surface area (Å²) in [6.45, 7) is 10.6. The largest absolute Gasteiger partial charge is 0.396 e. The molecule has 0 fully saturated rings. The number of aliphatic hydroxyl groups is 1. The van der Waals surface area contributed by atoms with Crippen molar-refractivity contribution in [3.05, 3.63) is 85.0 Å². The molecular formula is C26H35N5O2S. The Labute approximate surface area is 204 Å². The molecule has 3 rings (SSSR count). The Kier molecular flexibility index (Phi) is 10.9. The topological polar surface area (TPSA) is 92.1 Å². The van der Waals surface area contributed by atoms with E-state index in [-0.39, 0.29) is 12.6 Å². The van der Waals surface area contributed by atoms with Crippen LogP contribution in [0.25, 0.3) is 16.6 Å². The summed E-state index contributed by atoms with van der Waals surface area (Å²) in [7, 11) is 1.31. The first-order chi connectivity index (χ1) is 16.3. The molecule has 1 atom stereocenters. The van der Waals surface area contributed by atoms with Crippen molar-refractivity contribution in [1.82, 2.24) is 19.9 Å². The molecule has 0 aliphatic rings. The number of allylic oxidation sites excluding steroid dienone is 2. The lowest BCUT2D eigenvalue weighted by atomic mass is 10.1. The zero-order valence-electron chi connectivity index (χ0n) is 20.4. The smallest absolute Gasteiger partial charge is 0.137 e. The van der Waals surface area contributed by atoms with E-state index in [2.05, 4.69) is 63.7 Å². The van der Waals surface area contributed by atoms with Gasteiger partial charge in [-0.15, -0.1) is 0 Å². The number of aliphatic hydroxyl groups excluding tert-OH is 1. The van der Waals surface area contributed by atoms with Gasteiger partial charge in [-0.05, 0) is 55.3 Å². The van der Waals surface area contributed by atoms with Gasteiger partial charge in [0.1, 0.15) is 12.1 Å². The molecular weight excluding hydrogens is 446 g/mol. The van der Waals surface area contributed by atoms with Crippen LogP contribution in [0.2, 0.25) is 0 Å². The van der Waals surface area contributed by atoms with Crippen molar-refractivity contribution in [3.8, 4) is 5.69 Å². The van der Waals surface area contributed by atoms with Crippen molar-refractivity contribution >= 4 is 27.5 Å². The molecule has 0 aliphatic heterocycles. The van der Waals surface area contributed by atoms with Crippen LogP contribution < -0.4 is 10.6 Å². The number of nitrogens with one attached hydrogen (secondary N) is 2. The van der Waals surface area contributed by atoms with E-state index in [1.807, 2.05) is 31.3 Å². The molecule has 182 valence electrons. The van der Waals surface area contributed by atoms with Gasteiger partial charge in [0.15, 0.2) is 0 Å². The molecule has 34 heavy (non-hydrogen) atoms. The molecule has 8 heteroatoms. The summed E-state index contributed by atoms with van der Waals surface area (Å²) in [6, 6.07) is 6.15. The van der Waals surface area contributed by atoms with E-state index < -0.39 is 10.8 Å². The summed E-state index contributed by atoms with van der Waals surface area (Å²) in [5.41, 5.74) is 5.22. The molecule has 0 radical (unpaired) electrons. The summed E-state index contributed by atoms with van der Waals surface area (Å²) < 4.78 is 11.6. The van der Waals surface area contributed by atoms with Gasteiger partial charge in [0, 0.05) is 66.0 Å². The highest BCUT2D eigenvalue weighted by Crippen LogP contribution is 2.25. The van der Waals surface area contributed by atoms with Crippen molar-refractivity contribution in [3.63, 3.8) is 0 Å². The number of hydrogen-bond donors (Lipinski definition) is 3. The lowest BCUT2D eigenvalue weighted by molar-refractivity contribution is 0.299. The fourth-order valence-corrected chi connectivity index (χ4v) is 3.52. The second-order valence-electron chi connectivity index (χ2n) is 7.86. The molecule has 0 amide bonds. The second-order valence-corrected chi connectivity index (χ2v) is 9.34. The van der Waals surface area contributed by atoms with Crippen LogP contribution in [0.5, 0.6) is 0 Å². The summed E-state index contributed by atoms with van der Waals surface area (Å²) in [5, 5.41) is 17.0. The average Bonchev–Trinajstić information content (AvgIpc) is 3.20. The molecule has 7 nitrogen and oxygen atoms in total. The van der Waals surface area contributed by atoms with E-state index in [0.29, 0.717) is 6.42 Å². The van der Waals surface area contributed by atoms with Crippen LogP contribution in [0.1, 0.15) is 18.1 Å². The maximum absolute atomic E-state index is 9.56. The molecule has 0 spiro atoms. The van der Waals surface area contributed by atoms with E-state index in [4.69, 9.17) is 0 Å². The molecule has 3 N–H and O–H groups in total. The van der Waals surface area contributed by atoms with E-state index >= 15 is 0 Å². The van der Waals surface area contributed by atoms with E-state index in [0.717, 1.165) is 40.1 Å². The van der Waals surface area contributed by atoms with Crippen LogP contribution in [0.4, 0.5) is 5.82 Å². The molecule has 1 unspecified atom stereocenters. The first-order valence-corrected chi connectivity index (χ1v) is 13.0. The SMILES string of the molecule is C=C/C=C(\C=C)C(C)Nc1ncnc2ccc(-n3cc(CCO)c(CNC)c3)cc12.CS(C)=O. The third-order valence-electron chi connectivity index (χ3n) is 5.07. The third-order valence-corrected chi connectivity index (χ3v) is 5.07. The van der Waals surface area contributed by atoms with Gasteiger partial charge in [-0.25, -0.2) is 9.97 Å². The Morgan fingerprint density at radius 2 is 1.94 bits per heavy atom. The predicted octanol–water partition coefficient (Wildman–Crippen LogP) is 3.77. The fraction of sp³-hybridized carbons (Fsp3) is 0.308. The summed E-state index contributed by atoms with van der Waals surface area (Å²) in [4.78, 5) is 8.89. The Hall–Kier alpha value is -3.07. The number of aromatic nitrogens is 3. The minimum Gasteiger partial charge on any atom is -0.396 e. The number of rotatable bonds is 10. The van der Waals surface area contributed by atoms with Crippen molar-refractivity contribution in [1.29, 1.82) is 0 Å². The fourth-order valence-electron chi connectivity index (χ4n) is 3.52. The van der Waals surface area contributed by atoms with Gasteiger partial charge in [0.25, 0.3) is 0 Å². The zero-order valence-corrected chi connectivity index (χ0v) is 21.2. The minimum atomic E-state index is -0.611. The quantitative estimate of drug-likeness (QED) is 0.382. The summed E-state index contributed by atoms with van der Waals surface area (Å²) >= 11 is 0. The van der Waals surface area contributed by atoms with Crippen LogP contribution >= 0.6 is 0 Å². The predicted molar refractivity (Wildman–Crippen MR) is 144 cm³/mol. The maximum atomic E-state index is 9.56. The lowest BCUT2D eigenvalue weighted by Gasteiger charge is -2.17. The Morgan fingerprint density at radius 1 is 1.24 bits per heavy atom. The number of hydrogen-bond acceptors (Lipinski definition) is 6. The van der Waals surface area contributed by atoms with Crippen LogP contribution in [-0.4, -0.2) is 56.1 Å². The maximum Gasteiger partial charge on any atom is 0.137 e. The number of nitrogens with zero attached hydrogens (tertiary/aromatic N) is 3. The van der Waals surface area contributed by atoms with E-state index in [1.54, 1.807) is 24.9 Å². The van der Waals surface area contributed by atoms with Gasteiger partial charge in [-0.2, -0.15) is 0 Å². The van der Waals surface area contributed by atoms with Crippen molar-refractivity contribution in [2.75, 3.05) is 31.5 Å². The third kappa shape index (κ3) is 7.48. The van der Waals surface area contributed by atoms with Gasteiger partial charge in [0.2, 0.25) is 0 Å². The molecule has 2 aromatic heterocycles. The van der Waals surface area contributed by atoms with Crippen molar-refractivity contribution < 1.29 is 9.32 Å². The number of fused-ring (bicyclic) bond motifs is 1. The summed E-state index contributed by atoms with van der Waals surface area (Å²) in [5.74, 6) is 0.768. The number of anilines is 1. The normalized spacial score (nSPS) is 12.2. The molecule has 2 heterocycles. The van der Waals surface area contributed by atoms with Crippen LogP contribution in [0.3, 0.4) is 0 Å². The second kappa shape index (κ2) is 13.6. The Morgan fingerprint density at radius 3 is 2.56 bits per heavy atom. The lowest BCUT2D eigenvalue weighted by Crippen LogP contribution is -2.18. The molecule has 1 aromatic carbocycles. The molecule has 0 saturated heterocycles. The molecule has 3 aromatic rings. The first-order valence-electron chi connectivity index (χ1n) is 11.0. The minimum absolute atomic E-state index is 0.0206. The molecule has 0 saturated carbocycles. The van der Waals surface area contributed by atoms with Crippen LogP contribution in [-0.2, 0) is 23.8 Å². The standard InChI is InChI=1S/C24H29N5O.C2H6OS/c1-5-7-18(6-2)17(3)28-24-22-12-21(8-9-23(22)26-16-27-24)29-14-19(10-11-30)20(15-29)13-25-4;1-4(2)3/h5-9,12,14-17,25,30H,1-2,10-11,13H2,3-4H3,(H,26,27,28);1-2H3/b18-7+;. The number of benzene rings is 1. The van der Waals surface area contributed by atoms with Gasteiger partial charge < -0.3 is 20.3 Å². The van der Waals surface area contributed by atoms with Crippen molar-refractivity contribution in [2.45, 2.75) is 25.9 Å². The Balaban J connectivity index is 0.000000945. The Bertz CT molecular complexity index is 1140. The monoisotopic (exact) mass is 481 g/mol. The van der Waals surface area contributed by atoms with Crippen molar-refractivity contribution in [2.24, 2.45) is 0 Å². The van der Waals surface area contributed by atoms with Gasteiger partial charge in [0.05, 0.1) is 5.52 Å². The van der Waals surface area contributed by atoms with Gasteiger partial charge >= 0.3 is 0 Å². The van der Waals surface area contributed by atoms with E-state index in [9.17, 15) is 9.32 Å². The average molecular weight is 482 g/mol.